The number of alkyl halides is 1. The van der Waals surface area contributed by atoms with Crippen LogP contribution in [0.3, 0.4) is 0 Å². The Kier molecular flexibility index (Phi) is 6.59. The second kappa shape index (κ2) is 9.40. The van der Waals surface area contributed by atoms with Gasteiger partial charge in [0.1, 0.15) is 5.82 Å². The Morgan fingerprint density at radius 1 is 1.19 bits per heavy atom. The van der Waals surface area contributed by atoms with Gasteiger partial charge in [0.2, 0.25) is 0 Å². The molecule has 0 bridgehead atoms. The molecule has 0 unspecified atom stereocenters. The van der Waals surface area contributed by atoms with E-state index >= 15 is 0 Å². The summed E-state index contributed by atoms with van der Waals surface area (Å²) in [5.41, 5.74) is 3.81. The van der Waals surface area contributed by atoms with Gasteiger partial charge in [0, 0.05) is 0 Å². The fraction of sp³-hybridized carbons (Fsp3) is 0.182. The number of nitriles is 1. The number of aromatic amines is 1. The molecule has 1 fully saturated rings. The topological polar surface area (TPSA) is 93.1 Å². The first-order chi connectivity index (χ1) is 15.3. The number of rotatable bonds is 5. The molecular formula is C22H20FIN5O2S-. The van der Waals surface area contributed by atoms with Crippen molar-refractivity contribution in [1.29, 1.82) is 5.26 Å². The molecule has 1 aliphatic rings. The number of hydrogen-bond donors (Lipinski definition) is 1. The first-order valence-corrected chi connectivity index (χ1v) is 14.0. The van der Waals surface area contributed by atoms with Crippen LogP contribution in [0.4, 0.5) is 10.2 Å². The molecule has 1 aliphatic heterocycles. The van der Waals surface area contributed by atoms with E-state index in [0.29, 0.717) is 23.2 Å². The van der Waals surface area contributed by atoms with E-state index in [1.54, 1.807) is 18.3 Å². The Bertz CT molecular complexity index is 1290. The van der Waals surface area contributed by atoms with Gasteiger partial charge in [-0.3, -0.25) is 0 Å². The van der Waals surface area contributed by atoms with Crippen LogP contribution in [0.2, 0.25) is 0 Å². The molecule has 0 saturated carbocycles. The molecule has 0 radical (unpaired) electrons. The molecule has 3 heterocycles. The Hall–Kier alpha value is -2.75. The molecule has 0 amide bonds. The minimum absolute atomic E-state index is 0.279. The van der Waals surface area contributed by atoms with Crippen LogP contribution in [0.5, 0.6) is 0 Å². The third-order valence-corrected chi connectivity index (χ3v) is 9.54. The maximum atomic E-state index is 13.1. The molecule has 0 aliphatic carbocycles. The van der Waals surface area contributed by atoms with Crippen molar-refractivity contribution in [2.75, 3.05) is 27.0 Å². The number of pyridine rings is 1. The zero-order chi connectivity index (χ0) is 22.7. The Labute approximate surface area is 196 Å². The number of halogens is 2. The Morgan fingerprint density at radius 3 is 2.62 bits per heavy atom. The van der Waals surface area contributed by atoms with Crippen LogP contribution in [0.15, 0.2) is 48.7 Å². The Morgan fingerprint density at radius 2 is 1.97 bits per heavy atom. The van der Waals surface area contributed by atoms with Crippen LogP contribution in [-0.2, 0) is 10.0 Å². The molecule has 32 heavy (non-hydrogen) atoms. The van der Waals surface area contributed by atoms with Gasteiger partial charge in [-0.1, -0.05) is 0 Å². The predicted octanol–water partition coefficient (Wildman–Crippen LogP) is 0.301. The molecule has 10 heteroatoms. The van der Waals surface area contributed by atoms with E-state index in [4.69, 9.17) is 0 Å². The van der Waals surface area contributed by atoms with Crippen LogP contribution < -0.4 is 24.6 Å². The summed E-state index contributed by atoms with van der Waals surface area (Å²) >= 11 is -0.609. The van der Waals surface area contributed by atoms with Crippen molar-refractivity contribution in [3.8, 4) is 17.3 Å². The second-order valence-corrected chi connectivity index (χ2v) is 11.7. The molecule has 0 spiro atoms. The molecule has 1 N–H and O–H groups in total. The van der Waals surface area contributed by atoms with Gasteiger partial charge in [-0.25, -0.2) is 4.39 Å². The number of anilines is 1. The molecule has 1 aromatic carbocycles. The number of hydrogen-bond acceptors (Lipinski definition) is 5. The van der Waals surface area contributed by atoms with Crippen molar-refractivity contribution in [1.82, 2.24) is 14.3 Å². The van der Waals surface area contributed by atoms with E-state index in [2.05, 4.69) is 19.2 Å². The fourth-order valence-electron chi connectivity index (χ4n) is 3.21. The minimum atomic E-state index is -3.19. The number of benzene rings is 1. The van der Waals surface area contributed by atoms with E-state index < -0.39 is 31.5 Å². The average molecular weight is 564 g/mol. The van der Waals surface area contributed by atoms with Crippen molar-refractivity contribution in [3.05, 3.63) is 71.3 Å². The van der Waals surface area contributed by atoms with E-state index in [1.807, 2.05) is 30.4 Å². The third-order valence-electron chi connectivity index (χ3n) is 4.91. The summed E-state index contributed by atoms with van der Waals surface area (Å²) < 4.78 is 40.7. The van der Waals surface area contributed by atoms with Gasteiger partial charge in [-0.15, -0.1) is 0 Å². The summed E-state index contributed by atoms with van der Waals surface area (Å²) in [6.07, 6.45) is 6.63. The van der Waals surface area contributed by atoms with E-state index in [1.165, 1.54) is 22.7 Å². The summed E-state index contributed by atoms with van der Waals surface area (Å²) in [5.74, 6) is 0.460. The fourth-order valence-corrected chi connectivity index (χ4v) is 7.94. The van der Waals surface area contributed by atoms with Gasteiger partial charge < -0.3 is 0 Å². The van der Waals surface area contributed by atoms with Crippen LogP contribution in [0.25, 0.3) is 23.4 Å². The van der Waals surface area contributed by atoms with Gasteiger partial charge >= 0.3 is 187 Å². The van der Waals surface area contributed by atoms with Crippen LogP contribution in [0, 0.1) is 17.1 Å². The first-order valence-electron chi connectivity index (χ1n) is 9.69. The first kappa shape index (κ1) is 22.4. The Balaban J connectivity index is 1.55. The van der Waals surface area contributed by atoms with Gasteiger partial charge in [-0.2, -0.15) is 0 Å². The third kappa shape index (κ3) is 5.17. The molecule has 1 saturated heterocycles. The van der Waals surface area contributed by atoms with Crippen molar-refractivity contribution < 1.29 is 34.3 Å². The zero-order valence-corrected chi connectivity index (χ0v) is 20.1. The quantitative estimate of drug-likeness (QED) is 0.209. The van der Waals surface area contributed by atoms with Gasteiger partial charge in [0.05, 0.1) is 0 Å². The summed E-state index contributed by atoms with van der Waals surface area (Å²) in [4.78, 5) is 7.71. The van der Waals surface area contributed by atoms with Gasteiger partial charge in [0.25, 0.3) is 0 Å². The normalized spacial score (nSPS) is 15.5. The monoisotopic (exact) mass is 564 g/mol. The van der Waals surface area contributed by atoms with Crippen molar-refractivity contribution in [2.24, 2.45) is 0 Å². The van der Waals surface area contributed by atoms with Crippen molar-refractivity contribution in [3.63, 3.8) is 0 Å². The molecule has 4 rings (SSSR count). The molecule has 0 atom stereocenters. The van der Waals surface area contributed by atoms with E-state index in [-0.39, 0.29) is 5.82 Å². The van der Waals surface area contributed by atoms with Crippen molar-refractivity contribution in [2.45, 2.75) is 0 Å². The summed E-state index contributed by atoms with van der Waals surface area (Å²) in [7, 11) is -3.19. The average Bonchev–Trinajstić information content (AvgIpc) is 3.23. The van der Waals surface area contributed by atoms with E-state index in [9.17, 15) is 18.1 Å². The van der Waals surface area contributed by atoms with E-state index in [0.717, 1.165) is 28.3 Å². The summed E-state index contributed by atoms with van der Waals surface area (Å²) in [6, 6.07) is 14.0. The van der Waals surface area contributed by atoms with Gasteiger partial charge in [-0.05, 0) is 0 Å². The second-order valence-electron chi connectivity index (χ2n) is 7.17. The van der Waals surface area contributed by atoms with Crippen LogP contribution in [-0.4, -0.2) is 46.6 Å². The SMILES string of the molecule is CS(=O)(=O)N1CCN(c2[nH]c(-c3ccnc(/C=C/c4ccc(F)cc4)c3)cc2C#N)[I-]C1. The predicted molar refractivity (Wildman–Crippen MR) is 118 cm³/mol. The number of H-pyrrole nitrogens is 1. The molecule has 7 nitrogen and oxygen atoms in total. The van der Waals surface area contributed by atoms with Crippen LogP contribution >= 0.6 is 0 Å². The number of nitrogens with one attached hydrogen (secondary N) is 1. The molecule has 3 aromatic rings. The molecule has 2 aromatic heterocycles. The molecule has 166 valence electrons. The summed E-state index contributed by atoms with van der Waals surface area (Å²) in [5, 5.41) is 9.63. The van der Waals surface area contributed by atoms with Gasteiger partial charge in [0.15, 0.2) is 0 Å². The molecular weight excluding hydrogens is 544 g/mol. The van der Waals surface area contributed by atoms with Crippen LogP contribution in [0.1, 0.15) is 16.8 Å². The van der Waals surface area contributed by atoms with Crippen molar-refractivity contribution >= 4 is 28.0 Å². The summed E-state index contributed by atoms with van der Waals surface area (Å²) in [6.45, 7) is 0.961. The standard InChI is InChI=1S/C22H20FIN5O2S/c1-32(30,31)28-10-11-29(24-15-28)22-18(14-25)13-21(27-22)17-8-9-26-20(12-17)7-4-16-2-5-19(23)6-3-16/h2-9,12-13,27H,10-11,15H2,1H3/q-1/b7-4+. The number of aromatic nitrogens is 2. The number of nitrogens with zero attached hydrogens (tertiary/aromatic N) is 4. The zero-order valence-electron chi connectivity index (χ0n) is 17.2. The maximum absolute atomic E-state index is 13.1. The number of sulfonamides is 1.